The maximum atomic E-state index is 12.4. The lowest BCUT2D eigenvalue weighted by atomic mass is 10.0. The van der Waals surface area contributed by atoms with Crippen molar-refractivity contribution in [3.8, 4) is 0 Å². The summed E-state index contributed by atoms with van der Waals surface area (Å²) in [6.45, 7) is 17.4. The molecule has 0 aliphatic rings. The molecular weight excluding hydrogens is 316 g/mol. The Morgan fingerprint density at radius 3 is 1.76 bits per heavy atom. The lowest BCUT2D eigenvalue weighted by molar-refractivity contribution is 0.0462. The highest BCUT2D eigenvalue weighted by Crippen LogP contribution is 2.20. The van der Waals surface area contributed by atoms with Crippen molar-refractivity contribution in [1.29, 1.82) is 0 Å². The van der Waals surface area contributed by atoms with Crippen LogP contribution in [-0.4, -0.2) is 25.2 Å². The van der Waals surface area contributed by atoms with Gasteiger partial charge in [0.1, 0.15) is 0 Å². The minimum absolute atomic E-state index is 0.183. The van der Waals surface area contributed by atoms with Crippen LogP contribution in [0.5, 0.6) is 0 Å². The molecule has 0 aliphatic heterocycles. The second-order valence-electron chi connectivity index (χ2n) is 6.23. The van der Waals surface area contributed by atoms with Gasteiger partial charge in [0.05, 0.1) is 24.3 Å². The van der Waals surface area contributed by atoms with Gasteiger partial charge in [0, 0.05) is 12.8 Å². The third kappa shape index (κ3) is 6.79. The molecule has 4 nitrogen and oxygen atoms in total. The Morgan fingerprint density at radius 1 is 0.840 bits per heavy atom. The molecule has 1 rings (SSSR count). The minimum atomic E-state index is -0.559. The fourth-order valence-electron chi connectivity index (χ4n) is 1.95. The third-order valence-electron chi connectivity index (χ3n) is 3.48. The molecule has 4 heteroatoms. The summed E-state index contributed by atoms with van der Waals surface area (Å²) >= 11 is 0. The Bertz CT molecular complexity index is 698. The maximum absolute atomic E-state index is 12.4. The molecule has 134 valence electrons. The second kappa shape index (κ2) is 9.62. The van der Waals surface area contributed by atoms with Crippen molar-refractivity contribution in [3.05, 3.63) is 65.8 Å². The smallest absolute Gasteiger partial charge is 0.339 e. The van der Waals surface area contributed by atoms with Crippen LogP contribution >= 0.6 is 0 Å². The first kappa shape index (κ1) is 20.4. The van der Waals surface area contributed by atoms with Gasteiger partial charge in [-0.1, -0.05) is 29.4 Å². The zero-order chi connectivity index (χ0) is 19.0. The SMILES string of the molecule is C=C(C)CCOC(=O)c1ccc(C(=C)C)cc1C(=O)OCCC(=C)C. The van der Waals surface area contributed by atoms with Crippen molar-refractivity contribution < 1.29 is 19.1 Å². The van der Waals surface area contributed by atoms with Gasteiger partial charge in [0.25, 0.3) is 0 Å². The summed E-state index contributed by atoms with van der Waals surface area (Å²) in [6.07, 6.45) is 1.15. The van der Waals surface area contributed by atoms with E-state index in [2.05, 4.69) is 19.7 Å². The van der Waals surface area contributed by atoms with E-state index in [4.69, 9.17) is 9.47 Å². The Hall–Kier alpha value is -2.62. The molecule has 0 fully saturated rings. The predicted octanol–water partition coefficient (Wildman–Crippen LogP) is 4.97. The van der Waals surface area contributed by atoms with Crippen molar-refractivity contribution >= 4 is 17.5 Å². The van der Waals surface area contributed by atoms with Crippen molar-refractivity contribution in [2.24, 2.45) is 0 Å². The number of carbonyl (C=O) groups excluding carboxylic acids is 2. The molecule has 1 aromatic rings. The van der Waals surface area contributed by atoms with Gasteiger partial charge in [0.15, 0.2) is 0 Å². The van der Waals surface area contributed by atoms with E-state index in [0.717, 1.165) is 22.3 Å². The molecule has 1 aromatic carbocycles. The van der Waals surface area contributed by atoms with Gasteiger partial charge in [-0.25, -0.2) is 9.59 Å². The number of rotatable bonds is 9. The summed E-state index contributed by atoms with van der Waals surface area (Å²) in [4.78, 5) is 24.7. The van der Waals surface area contributed by atoms with E-state index >= 15 is 0 Å². The van der Waals surface area contributed by atoms with Gasteiger partial charge in [-0.2, -0.15) is 0 Å². The topological polar surface area (TPSA) is 52.6 Å². The molecule has 0 amide bonds. The fourth-order valence-corrected chi connectivity index (χ4v) is 1.95. The van der Waals surface area contributed by atoms with Crippen LogP contribution < -0.4 is 0 Å². The lowest BCUT2D eigenvalue weighted by Crippen LogP contribution is -2.15. The molecule has 25 heavy (non-hydrogen) atoms. The summed E-state index contributed by atoms with van der Waals surface area (Å²) in [5.74, 6) is -1.11. The summed E-state index contributed by atoms with van der Waals surface area (Å²) in [6, 6.07) is 4.92. The fraction of sp³-hybridized carbons (Fsp3) is 0.333. The normalized spacial score (nSPS) is 10.0. The standard InChI is InChI=1S/C21H26O4/c1-14(2)9-11-24-20(22)18-8-7-17(16(5)6)13-19(18)21(23)25-12-10-15(3)4/h7-8,13H,1,3,5,9-12H2,2,4,6H3. The monoisotopic (exact) mass is 342 g/mol. The van der Waals surface area contributed by atoms with Gasteiger partial charge in [-0.3, -0.25) is 0 Å². The second-order valence-corrected chi connectivity index (χ2v) is 6.23. The highest BCUT2D eigenvalue weighted by atomic mass is 16.5. The molecule has 0 radical (unpaired) electrons. The van der Waals surface area contributed by atoms with Gasteiger partial charge >= 0.3 is 11.9 Å². The van der Waals surface area contributed by atoms with E-state index in [1.54, 1.807) is 18.2 Å². The van der Waals surface area contributed by atoms with Crippen LogP contribution in [0, 0.1) is 0 Å². The molecule has 0 saturated heterocycles. The van der Waals surface area contributed by atoms with Crippen LogP contribution in [0.3, 0.4) is 0 Å². The molecule has 0 bridgehead atoms. The van der Waals surface area contributed by atoms with Crippen LogP contribution in [0.15, 0.2) is 49.1 Å². The summed E-state index contributed by atoms with van der Waals surface area (Å²) in [5.41, 5.74) is 3.77. The highest BCUT2D eigenvalue weighted by molar-refractivity contribution is 6.03. The van der Waals surface area contributed by atoms with E-state index in [1.807, 2.05) is 20.8 Å². The average molecular weight is 342 g/mol. The predicted molar refractivity (Wildman–Crippen MR) is 101 cm³/mol. The summed E-state index contributed by atoms with van der Waals surface area (Å²) in [5, 5.41) is 0. The first-order valence-electron chi connectivity index (χ1n) is 8.15. The molecule has 0 heterocycles. The maximum Gasteiger partial charge on any atom is 0.339 e. The number of hydrogen-bond donors (Lipinski definition) is 0. The lowest BCUT2D eigenvalue weighted by Gasteiger charge is -2.12. The molecule has 0 spiro atoms. The van der Waals surface area contributed by atoms with E-state index in [-0.39, 0.29) is 24.3 Å². The summed E-state index contributed by atoms with van der Waals surface area (Å²) in [7, 11) is 0. The largest absolute Gasteiger partial charge is 0.462 e. The van der Waals surface area contributed by atoms with Gasteiger partial charge in [0.2, 0.25) is 0 Å². The van der Waals surface area contributed by atoms with E-state index in [9.17, 15) is 9.59 Å². The third-order valence-corrected chi connectivity index (χ3v) is 3.48. The number of benzene rings is 1. The zero-order valence-corrected chi connectivity index (χ0v) is 15.3. The van der Waals surface area contributed by atoms with Crippen molar-refractivity contribution in [1.82, 2.24) is 0 Å². The number of carbonyl (C=O) groups is 2. The molecule has 0 unspecified atom stereocenters. The quantitative estimate of drug-likeness (QED) is 0.470. The number of esters is 2. The Labute approximate surface area is 149 Å². The van der Waals surface area contributed by atoms with Crippen LogP contribution in [0.2, 0.25) is 0 Å². The van der Waals surface area contributed by atoms with Gasteiger partial charge in [-0.15, -0.1) is 13.2 Å². The number of hydrogen-bond acceptors (Lipinski definition) is 4. The van der Waals surface area contributed by atoms with E-state index < -0.39 is 11.9 Å². The molecule has 0 saturated carbocycles. The number of ether oxygens (including phenoxy) is 2. The van der Waals surface area contributed by atoms with Crippen LogP contribution in [0.1, 0.15) is 59.9 Å². The highest BCUT2D eigenvalue weighted by Gasteiger charge is 2.20. The Balaban J connectivity index is 3.00. The van der Waals surface area contributed by atoms with Crippen molar-refractivity contribution in [2.75, 3.05) is 13.2 Å². The molecule has 0 aromatic heterocycles. The van der Waals surface area contributed by atoms with Crippen LogP contribution in [0.25, 0.3) is 5.57 Å². The van der Waals surface area contributed by atoms with Gasteiger partial charge in [-0.05, 0) is 38.5 Å². The minimum Gasteiger partial charge on any atom is -0.462 e. The first-order valence-corrected chi connectivity index (χ1v) is 8.15. The molecule has 0 atom stereocenters. The Morgan fingerprint density at radius 2 is 1.32 bits per heavy atom. The number of allylic oxidation sites excluding steroid dienone is 1. The Kier molecular flexibility index (Phi) is 7.86. The van der Waals surface area contributed by atoms with Crippen molar-refractivity contribution in [2.45, 2.75) is 33.6 Å². The zero-order valence-electron chi connectivity index (χ0n) is 15.3. The van der Waals surface area contributed by atoms with Crippen LogP contribution in [-0.2, 0) is 9.47 Å². The summed E-state index contributed by atoms with van der Waals surface area (Å²) < 4.78 is 10.5. The molecular formula is C21H26O4. The molecule has 0 aliphatic carbocycles. The van der Waals surface area contributed by atoms with Gasteiger partial charge < -0.3 is 9.47 Å². The van der Waals surface area contributed by atoms with E-state index in [1.165, 1.54) is 0 Å². The van der Waals surface area contributed by atoms with Crippen molar-refractivity contribution in [3.63, 3.8) is 0 Å². The van der Waals surface area contributed by atoms with Crippen LogP contribution in [0.4, 0.5) is 0 Å². The first-order chi connectivity index (χ1) is 11.7. The van der Waals surface area contributed by atoms with E-state index in [0.29, 0.717) is 12.8 Å². The average Bonchev–Trinajstić information content (AvgIpc) is 2.53. The molecule has 0 N–H and O–H groups in total.